The number of likely N-dealkylation sites (tertiary alicyclic amines) is 1. The second-order valence-electron chi connectivity index (χ2n) is 6.76. The SMILES string of the molecule is NC(=O)C1CCN(C(=O)c2oc3ccccc3c2CSc2ccccc2Cl)C1. The maximum absolute atomic E-state index is 13.1. The van der Waals surface area contributed by atoms with Gasteiger partial charge in [0.15, 0.2) is 5.76 Å². The zero-order valence-corrected chi connectivity index (χ0v) is 16.6. The molecule has 1 aliphatic heterocycles. The number of benzene rings is 2. The van der Waals surface area contributed by atoms with E-state index in [9.17, 15) is 9.59 Å². The highest BCUT2D eigenvalue weighted by atomic mass is 35.5. The molecule has 4 rings (SSSR count). The Morgan fingerprint density at radius 1 is 1.18 bits per heavy atom. The Labute approximate surface area is 171 Å². The maximum Gasteiger partial charge on any atom is 0.289 e. The fourth-order valence-electron chi connectivity index (χ4n) is 3.45. The number of para-hydroxylation sites is 1. The third-order valence-electron chi connectivity index (χ3n) is 4.98. The number of carbonyl (C=O) groups is 2. The Morgan fingerprint density at radius 2 is 1.93 bits per heavy atom. The van der Waals surface area contributed by atoms with Gasteiger partial charge in [-0.1, -0.05) is 41.9 Å². The van der Waals surface area contributed by atoms with E-state index in [1.165, 1.54) is 0 Å². The number of primary amides is 1. The minimum Gasteiger partial charge on any atom is -0.451 e. The number of nitrogens with zero attached hydrogens (tertiary/aromatic N) is 1. The molecule has 5 nitrogen and oxygen atoms in total. The highest BCUT2D eigenvalue weighted by molar-refractivity contribution is 7.98. The van der Waals surface area contributed by atoms with E-state index in [0.29, 0.717) is 41.6 Å². The third-order valence-corrected chi connectivity index (χ3v) is 6.52. The molecule has 28 heavy (non-hydrogen) atoms. The van der Waals surface area contributed by atoms with E-state index >= 15 is 0 Å². The van der Waals surface area contributed by atoms with Crippen LogP contribution in [0.2, 0.25) is 5.02 Å². The van der Waals surface area contributed by atoms with Gasteiger partial charge in [0.2, 0.25) is 5.91 Å². The van der Waals surface area contributed by atoms with Gasteiger partial charge in [0, 0.05) is 34.7 Å². The van der Waals surface area contributed by atoms with Crippen LogP contribution < -0.4 is 5.73 Å². The highest BCUT2D eigenvalue weighted by Gasteiger charge is 2.33. The first-order valence-corrected chi connectivity index (χ1v) is 10.4. The van der Waals surface area contributed by atoms with Crippen molar-refractivity contribution >= 4 is 46.1 Å². The zero-order chi connectivity index (χ0) is 19.7. The molecule has 1 aliphatic rings. The predicted octanol–water partition coefficient (Wildman–Crippen LogP) is 4.33. The minimum absolute atomic E-state index is 0.199. The number of nitrogens with two attached hydrogens (primary N) is 1. The van der Waals surface area contributed by atoms with Crippen LogP contribution in [0.15, 0.2) is 57.8 Å². The molecule has 0 bridgehead atoms. The van der Waals surface area contributed by atoms with E-state index in [0.717, 1.165) is 15.8 Å². The van der Waals surface area contributed by atoms with Crippen LogP contribution in [0.3, 0.4) is 0 Å². The Kier molecular flexibility index (Phi) is 5.33. The van der Waals surface area contributed by atoms with Crippen molar-refractivity contribution < 1.29 is 14.0 Å². The van der Waals surface area contributed by atoms with Crippen molar-refractivity contribution in [2.75, 3.05) is 13.1 Å². The molecule has 0 spiro atoms. The third kappa shape index (κ3) is 3.62. The topological polar surface area (TPSA) is 76.5 Å². The molecule has 3 aromatic rings. The second-order valence-corrected chi connectivity index (χ2v) is 8.19. The van der Waals surface area contributed by atoms with Gasteiger partial charge in [-0.25, -0.2) is 0 Å². The van der Waals surface area contributed by atoms with E-state index in [1.807, 2.05) is 48.5 Å². The lowest BCUT2D eigenvalue weighted by Crippen LogP contribution is -2.32. The summed E-state index contributed by atoms with van der Waals surface area (Å²) in [7, 11) is 0. The average molecular weight is 415 g/mol. The van der Waals surface area contributed by atoms with Gasteiger partial charge in [-0.15, -0.1) is 11.8 Å². The van der Waals surface area contributed by atoms with Gasteiger partial charge < -0.3 is 15.1 Å². The molecule has 1 aromatic heterocycles. The van der Waals surface area contributed by atoms with Crippen molar-refractivity contribution in [3.63, 3.8) is 0 Å². The standard InChI is InChI=1S/C21H19ClN2O3S/c22-16-6-2-4-8-18(16)28-12-15-14-5-1-3-7-17(14)27-19(15)21(26)24-10-9-13(11-24)20(23)25/h1-8,13H,9-12H2,(H2,23,25). The molecule has 2 amide bonds. The molecule has 0 aliphatic carbocycles. The smallest absolute Gasteiger partial charge is 0.289 e. The monoisotopic (exact) mass is 414 g/mol. The van der Waals surface area contributed by atoms with Crippen LogP contribution in [0.4, 0.5) is 0 Å². The van der Waals surface area contributed by atoms with Gasteiger partial charge in [-0.2, -0.15) is 0 Å². The summed E-state index contributed by atoms with van der Waals surface area (Å²) in [5.74, 6) is 0.0128. The van der Waals surface area contributed by atoms with Gasteiger partial charge in [-0.3, -0.25) is 9.59 Å². The van der Waals surface area contributed by atoms with E-state index in [1.54, 1.807) is 16.7 Å². The summed E-state index contributed by atoms with van der Waals surface area (Å²) in [4.78, 5) is 27.2. The largest absolute Gasteiger partial charge is 0.451 e. The number of amides is 2. The molecule has 1 saturated heterocycles. The van der Waals surface area contributed by atoms with Gasteiger partial charge >= 0.3 is 0 Å². The van der Waals surface area contributed by atoms with Gasteiger partial charge in [0.05, 0.1) is 10.9 Å². The van der Waals surface area contributed by atoms with Crippen LogP contribution in [0.5, 0.6) is 0 Å². The summed E-state index contributed by atoms with van der Waals surface area (Å²) >= 11 is 7.83. The van der Waals surface area contributed by atoms with E-state index in [4.69, 9.17) is 21.8 Å². The van der Waals surface area contributed by atoms with E-state index in [2.05, 4.69) is 0 Å². The van der Waals surface area contributed by atoms with Crippen molar-refractivity contribution in [2.45, 2.75) is 17.1 Å². The van der Waals surface area contributed by atoms with Crippen molar-refractivity contribution in [3.05, 3.63) is 64.9 Å². The lowest BCUT2D eigenvalue weighted by Gasteiger charge is -2.15. The predicted molar refractivity (Wildman–Crippen MR) is 110 cm³/mol. The lowest BCUT2D eigenvalue weighted by atomic mass is 10.1. The fourth-order valence-corrected chi connectivity index (χ4v) is 4.71. The molecule has 2 aromatic carbocycles. The number of fused-ring (bicyclic) bond motifs is 1. The molecule has 1 unspecified atom stereocenters. The fraction of sp³-hybridized carbons (Fsp3) is 0.238. The summed E-state index contributed by atoms with van der Waals surface area (Å²) in [6, 6.07) is 15.2. The van der Waals surface area contributed by atoms with Crippen molar-refractivity contribution in [2.24, 2.45) is 11.7 Å². The molecule has 144 valence electrons. The number of hydrogen-bond donors (Lipinski definition) is 1. The molecule has 2 heterocycles. The minimum atomic E-state index is -0.366. The van der Waals surface area contributed by atoms with Crippen LogP contribution in [0.25, 0.3) is 11.0 Å². The van der Waals surface area contributed by atoms with Crippen molar-refractivity contribution in [1.29, 1.82) is 0 Å². The zero-order valence-electron chi connectivity index (χ0n) is 15.1. The second kappa shape index (κ2) is 7.89. The summed E-state index contributed by atoms with van der Waals surface area (Å²) < 4.78 is 5.93. The summed E-state index contributed by atoms with van der Waals surface area (Å²) in [6.45, 7) is 0.836. The Hall–Kier alpha value is -2.44. The Morgan fingerprint density at radius 3 is 2.68 bits per heavy atom. The van der Waals surface area contributed by atoms with Crippen molar-refractivity contribution in [1.82, 2.24) is 4.90 Å². The van der Waals surface area contributed by atoms with Crippen LogP contribution in [-0.4, -0.2) is 29.8 Å². The molecule has 0 saturated carbocycles. The first-order chi connectivity index (χ1) is 13.5. The lowest BCUT2D eigenvalue weighted by molar-refractivity contribution is -0.121. The van der Waals surface area contributed by atoms with Crippen LogP contribution in [0.1, 0.15) is 22.5 Å². The van der Waals surface area contributed by atoms with Crippen molar-refractivity contribution in [3.8, 4) is 0 Å². The number of thioether (sulfide) groups is 1. The molecule has 7 heteroatoms. The van der Waals surface area contributed by atoms with E-state index in [-0.39, 0.29) is 17.7 Å². The molecule has 1 atom stereocenters. The highest BCUT2D eigenvalue weighted by Crippen LogP contribution is 2.35. The normalized spacial score (nSPS) is 16.6. The molecule has 1 fully saturated rings. The molecule has 2 N–H and O–H groups in total. The molecular formula is C21H19ClN2O3S. The van der Waals surface area contributed by atoms with Gasteiger partial charge in [0.25, 0.3) is 5.91 Å². The summed E-state index contributed by atoms with van der Waals surface area (Å²) in [5.41, 5.74) is 6.91. The van der Waals surface area contributed by atoms with Crippen LogP contribution in [-0.2, 0) is 10.5 Å². The first kappa shape index (κ1) is 18.9. The van der Waals surface area contributed by atoms with Gasteiger partial charge in [0.1, 0.15) is 5.58 Å². The number of rotatable bonds is 5. The number of carbonyl (C=O) groups excluding carboxylic acids is 2. The Bertz CT molecular complexity index is 1050. The Balaban J connectivity index is 1.64. The summed E-state index contributed by atoms with van der Waals surface area (Å²) in [5, 5.41) is 1.59. The quantitative estimate of drug-likeness (QED) is 0.630. The number of halogens is 1. The van der Waals surface area contributed by atoms with E-state index < -0.39 is 0 Å². The number of furan rings is 1. The average Bonchev–Trinajstić information content (AvgIpc) is 3.32. The number of hydrogen-bond acceptors (Lipinski definition) is 4. The summed E-state index contributed by atoms with van der Waals surface area (Å²) in [6.07, 6.45) is 0.588. The van der Waals surface area contributed by atoms with Gasteiger partial charge in [-0.05, 0) is 24.6 Å². The molecule has 0 radical (unpaired) electrons. The maximum atomic E-state index is 13.1. The molecular weight excluding hydrogens is 396 g/mol. The first-order valence-electron chi connectivity index (χ1n) is 9.01. The van der Waals surface area contributed by atoms with Crippen LogP contribution in [0, 0.1) is 5.92 Å². The van der Waals surface area contributed by atoms with Crippen LogP contribution >= 0.6 is 23.4 Å².